The summed E-state index contributed by atoms with van der Waals surface area (Å²) in [6.45, 7) is 0.519. The Morgan fingerprint density at radius 3 is 2.56 bits per heavy atom. The third kappa shape index (κ3) is 5.98. The Hall–Kier alpha value is -2.21. The average Bonchev–Trinajstić information content (AvgIpc) is 2.63. The first-order valence-electron chi connectivity index (χ1n) is 7.88. The molecule has 0 saturated carbocycles. The normalized spacial score (nSPS) is 10.2. The van der Waals surface area contributed by atoms with E-state index in [1.165, 1.54) is 0 Å². The second-order valence-corrected chi connectivity index (χ2v) is 6.09. The zero-order chi connectivity index (χ0) is 18.1. The predicted molar refractivity (Wildman–Crippen MR) is 98.5 cm³/mol. The molecule has 0 saturated heterocycles. The van der Waals surface area contributed by atoms with Gasteiger partial charge >= 0.3 is 5.97 Å². The second kappa shape index (κ2) is 9.93. The van der Waals surface area contributed by atoms with E-state index >= 15 is 0 Å². The lowest BCUT2D eigenvalue weighted by atomic mass is 10.1. The fourth-order valence-electron chi connectivity index (χ4n) is 2.33. The summed E-state index contributed by atoms with van der Waals surface area (Å²) in [5, 5.41) is 0. The number of hydrogen-bond acceptors (Lipinski definition) is 5. The zero-order valence-corrected chi connectivity index (χ0v) is 15.9. The molecule has 2 rings (SSSR count). The van der Waals surface area contributed by atoms with Gasteiger partial charge in [0.05, 0.1) is 14.2 Å². The van der Waals surface area contributed by atoms with E-state index in [1.807, 2.05) is 42.5 Å². The summed E-state index contributed by atoms with van der Waals surface area (Å²) in [6.07, 6.45) is 0.784. The van der Waals surface area contributed by atoms with Gasteiger partial charge in [0.25, 0.3) is 0 Å². The van der Waals surface area contributed by atoms with Crippen molar-refractivity contribution in [2.45, 2.75) is 12.8 Å². The molecule has 0 spiro atoms. The molecule has 134 valence electrons. The highest BCUT2D eigenvalue weighted by atomic mass is 79.9. The van der Waals surface area contributed by atoms with Gasteiger partial charge in [0, 0.05) is 10.9 Å². The molecule has 0 bridgehead atoms. The first kappa shape index (κ1) is 19.1. The van der Waals surface area contributed by atoms with Crippen molar-refractivity contribution >= 4 is 21.9 Å². The van der Waals surface area contributed by atoms with E-state index in [0.717, 1.165) is 15.8 Å². The highest BCUT2D eigenvalue weighted by Gasteiger charge is 2.11. The maximum atomic E-state index is 11.9. The first-order valence-corrected chi connectivity index (χ1v) is 8.67. The number of methoxy groups -OCH3 is 2. The van der Waals surface area contributed by atoms with Crippen LogP contribution in [0.5, 0.6) is 17.2 Å². The van der Waals surface area contributed by atoms with Gasteiger partial charge in [-0.1, -0.05) is 34.1 Å². The van der Waals surface area contributed by atoms with Crippen molar-refractivity contribution in [3.05, 3.63) is 52.5 Å². The van der Waals surface area contributed by atoms with Gasteiger partial charge in [-0.2, -0.15) is 0 Å². The number of esters is 1. The Morgan fingerprint density at radius 2 is 1.84 bits per heavy atom. The molecular weight excluding hydrogens is 388 g/mol. The van der Waals surface area contributed by atoms with Crippen LogP contribution in [0.1, 0.15) is 12.0 Å². The van der Waals surface area contributed by atoms with E-state index in [2.05, 4.69) is 15.9 Å². The summed E-state index contributed by atoms with van der Waals surface area (Å²) in [6, 6.07) is 13.1. The molecule has 0 radical (unpaired) electrons. The van der Waals surface area contributed by atoms with Crippen LogP contribution in [0.25, 0.3) is 0 Å². The fraction of sp³-hybridized carbons (Fsp3) is 0.316. The van der Waals surface area contributed by atoms with Gasteiger partial charge < -0.3 is 18.9 Å². The van der Waals surface area contributed by atoms with Gasteiger partial charge in [-0.15, -0.1) is 0 Å². The molecule has 6 heteroatoms. The maximum absolute atomic E-state index is 11.9. The Morgan fingerprint density at radius 1 is 1.04 bits per heavy atom. The van der Waals surface area contributed by atoms with Crippen molar-refractivity contribution in [1.82, 2.24) is 0 Å². The molecule has 0 fully saturated rings. The number of benzene rings is 2. The monoisotopic (exact) mass is 408 g/mol. The second-order valence-electron chi connectivity index (χ2n) is 5.18. The maximum Gasteiger partial charge on any atom is 0.306 e. The first-order chi connectivity index (χ1) is 12.1. The minimum Gasteiger partial charge on any atom is -0.493 e. The molecule has 0 aliphatic heterocycles. The van der Waals surface area contributed by atoms with Crippen LogP contribution in [0, 0.1) is 0 Å². The van der Waals surface area contributed by atoms with Crippen LogP contribution < -0.4 is 14.2 Å². The van der Waals surface area contributed by atoms with E-state index in [9.17, 15) is 4.79 Å². The van der Waals surface area contributed by atoms with E-state index < -0.39 is 0 Å². The van der Waals surface area contributed by atoms with Gasteiger partial charge in [0.1, 0.15) is 19.0 Å². The van der Waals surface area contributed by atoms with Crippen molar-refractivity contribution in [2.75, 3.05) is 27.4 Å². The van der Waals surface area contributed by atoms with Crippen LogP contribution >= 0.6 is 15.9 Å². The SMILES string of the molecule is COc1cccc(CCC(=O)OCCOc2cccc(Br)c2)c1OC. The summed E-state index contributed by atoms with van der Waals surface area (Å²) in [7, 11) is 3.17. The molecule has 0 heterocycles. The summed E-state index contributed by atoms with van der Waals surface area (Å²) in [4.78, 5) is 11.9. The largest absolute Gasteiger partial charge is 0.493 e. The minimum atomic E-state index is -0.275. The number of rotatable bonds is 9. The van der Waals surface area contributed by atoms with Crippen LogP contribution in [0.4, 0.5) is 0 Å². The summed E-state index contributed by atoms with van der Waals surface area (Å²) < 4.78 is 22.3. The van der Waals surface area contributed by atoms with Crippen LogP contribution in [-0.4, -0.2) is 33.4 Å². The summed E-state index contributed by atoms with van der Waals surface area (Å²) in [5.41, 5.74) is 0.907. The summed E-state index contributed by atoms with van der Waals surface area (Å²) >= 11 is 3.37. The smallest absolute Gasteiger partial charge is 0.306 e. The van der Waals surface area contributed by atoms with Crippen LogP contribution in [0.2, 0.25) is 0 Å². The van der Waals surface area contributed by atoms with Gasteiger partial charge in [-0.05, 0) is 36.2 Å². The van der Waals surface area contributed by atoms with Crippen LogP contribution in [0.3, 0.4) is 0 Å². The molecule has 0 unspecified atom stereocenters. The standard InChI is InChI=1S/C19H21BrO5/c1-22-17-8-3-5-14(19(17)23-2)9-10-18(21)25-12-11-24-16-7-4-6-15(20)13-16/h3-8,13H,9-12H2,1-2H3. The lowest BCUT2D eigenvalue weighted by Gasteiger charge is -2.12. The van der Waals surface area contributed by atoms with Gasteiger partial charge in [-0.25, -0.2) is 0 Å². The quantitative estimate of drug-likeness (QED) is 0.463. The van der Waals surface area contributed by atoms with Crippen LogP contribution in [0.15, 0.2) is 46.9 Å². The molecule has 0 aliphatic rings. The third-order valence-corrected chi connectivity index (χ3v) is 3.99. The number of halogens is 1. The molecule has 5 nitrogen and oxygen atoms in total. The molecule has 25 heavy (non-hydrogen) atoms. The van der Waals surface area contributed by atoms with Crippen molar-refractivity contribution in [3.63, 3.8) is 0 Å². The van der Waals surface area contributed by atoms with Crippen molar-refractivity contribution in [1.29, 1.82) is 0 Å². The molecule has 0 atom stereocenters. The Bertz CT molecular complexity index is 702. The Kier molecular flexibility index (Phi) is 7.60. The highest BCUT2D eigenvalue weighted by molar-refractivity contribution is 9.10. The Balaban J connectivity index is 1.74. The topological polar surface area (TPSA) is 54.0 Å². The number of para-hydroxylation sites is 1. The minimum absolute atomic E-state index is 0.209. The molecule has 2 aromatic carbocycles. The molecule has 0 amide bonds. The third-order valence-electron chi connectivity index (χ3n) is 3.49. The highest BCUT2D eigenvalue weighted by Crippen LogP contribution is 2.31. The molecule has 2 aromatic rings. The lowest BCUT2D eigenvalue weighted by molar-refractivity contribution is -0.144. The number of aryl methyl sites for hydroxylation is 1. The van der Waals surface area contributed by atoms with Crippen molar-refractivity contribution < 1.29 is 23.7 Å². The fourth-order valence-corrected chi connectivity index (χ4v) is 2.71. The van der Waals surface area contributed by atoms with Gasteiger partial charge in [0.15, 0.2) is 11.5 Å². The van der Waals surface area contributed by atoms with Crippen molar-refractivity contribution in [2.24, 2.45) is 0 Å². The lowest BCUT2D eigenvalue weighted by Crippen LogP contribution is -2.13. The average molecular weight is 409 g/mol. The van der Waals surface area contributed by atoms with E-state index in [1.54, 1.807) is 14.2 Å². The number of hydrogen-bond donors (Lipinski definition) is 0. The zero-order valence-electron chi connectivity index (χ0n) is 14.3. The number of carbonyl (C=O) groups is 1. The van der Waals surface area contributed by atoms with E-state index in [0.29, 0.717) is 24.5 Å². The molecule has 0 aromatic heterocycles. The van der Waals surface area contributed by atoms with Gasteiger partial charge in [-0.3, -0.25) is 4.79 Å². The van der Waals surface area contributed by atoms with Crippen LogP contribution in [-0.2, 0) is 16.0 Å². The summed E-state index contributed by atoms with van der Waals surface area (Å²) in [5.74, 6) is 1.75. The number of carbonyl (C=O) groups excluding carboxylic acids is 1. The Labute approximate surface area is 156 Å². The van der Waals surface area contributed by atoms with Gasteiger partial charge in [0.2, 0.25) is 0 Å². The van der Waals surface area contributed by atoms with E-state index in [-0.39, 0.29) is 19.0 Å². The van der Waals surface area contributed by atoms with E-state index in [4.69, 9.17) is 18.9 Å². The molecule has 0 aliphatic carbocycles. The van der Waals surface area contributed by atoms with Crippen molar-refractivity contribution in [3.8, 4) is 17.2 Å². The molecule has 0 N–H and O–H groups in total. The number of ether oxygens (including phenoxy) is 4. The molecular formula is C19H21BrO5. The predicted octanol–water partition coefficient (Wildman–Crippen LogP) is 4.02.